The van der Waals surface area contributed by atoms with Crippen LogP contribution in [0.15, 0.2) is 42.5 Å². The Balaban J connectivity index is 1.62. The fraction of sp³-hybridized carbons (Fsp3) is 0.292. The van der Waals surface area contributed by atoms with Crippen molar-refractivity contribution in [3.8, 4) is 5.75 Å². The van der Waals surface area contributed by atoms with Gasteiger partial charge in [-0.05, 0) is 49.7 Å². The third kappa shape index (κ3) is 2.67. The highest BCUT2D eigenvalue weighted by molar-refractivity contribution is 6.32. The third-order valence-electron chi connectivity index (χ3n) is 6.61. The molecule has 0 spiro atoms. The summed E-state index contributed by atoms with van der Waals surface area (Å²) in [6.07, 6.45) is 3.85. The first kappa shape index (κ1) is 19.8. The number of imide groups is 1. The fourth-order valence-electron chi connectivity index (χ4n) is 5.21. The molecule has 2 aromatic rings. The van der Waals surface area contributed by atoms with Crippen LogP contribution in [0.2, 0.25) is 5.02 Å². The van der Waals surface area contributed by atoms with Crippen LogP contribution in [0.1, 0.15) is 18.1 Å². The SMILES string of the molecule is COc1ccc2c(c1)C=C[C@H]1[C@H]3C(=O)N(c4cccc(Cl)c4C)C(=O)[C@@H]3[C@H](C(C)=O)N21. The molecule has 0 N–H and O–H groups in total. The highest BCUT2D eigenvalue weighted by atomic mass is 35.5. The molecule has 0 unspecified atom stereocenters. The lowest BCUT2D eigenvalue weighted by molar-refractivity contribution is -0.126. The van der Waals surface area contributed by atoms with Crippen molar-refractivity contribution in [3.63, 3.8) is 0 Å². The number of halogens is 1. The molecule has 5 rings (SSSR count). The van der Waals surface area contributed by atoms with E-state index in [1.165, 1.54) is 11.8 Å². The molecule has 0 bridgehead atoms. The Morgan fingerprint density at radius 3 is 2.52 bits per heavy atom. The number of carbonyl (C=O) groups is 3. The number of benzene rings is 2. The lowest BCUT2D eigenvalue weighted by atomic mass is 9.88. The lowest BCUT2D eigenvalue weighted by Gasteiger charge is -2.36. The van der Waals surface area contributed by atoms with E-state index in [0.29, 0.717) is 22.0 Å². The normalized spacial score (nSPS) is 26.1. The Hall–Kier alpha value is -3.12. The van der Waals surface area contributed by atoms with Gasteiger partial charge in [0.2, 0.25) is 11.8 Å². The second kappa shape index (κ2) is 6.95. The first-order chi connectivity index (χ1) is 14.8. The molecule has 2 amide bonds. The largest absolute Gasteiger partial charge is 0.497 e. The van der Waals surface area contributed by atoms with E-state index in [9.17, 15) is 14.4 Å². The quantitative estimate of drug-likeness (QED) is 0.687. The van der Waals surface area contributed by atoms with Crippen molar-refractivity contribution in [1.82, 2.24) is 0 Å². The van der Waals surface area contributed by atoms with Crippen molar-refractivity contribution < 1.29 is 19.1 Å². The number of ketones is 1. The molecule has 0 aromatic heterocycles. The van der Waals surface area contributed by atoms with Crippen LogP contribution in [0.4, 0.5) is 11.4 Å². The molecule has 2 fully saturated rings. The number of methoxy groups -OCH3 is 1. The zero-order chi connectivity index (χ0) is 22.0. The predicted octanol–water partition coefficient (Wildman–Crippen LogP) is 3.64. The van der Waals surface area contributed by atoms with Gasteiger partial charge in [-0.15, -0.1) is 0 Å². The van der Waals surface area contributed by atoms with Crippen LogP contribution in [-0.4, -0.2) is 36.8 Å². The van der Waals surface area contributed by atoms with Gasteiger partial charge in [-0.2, -0.15) is 0 Å². The zero-order valence-electron chi connectivity index (χ0n) is 17.3. The van der Waals surface area contributed by atoms with E-state index in [-0.39, 0.29) is 23.6 Å². The van der Waals surface area contributed by atoms with Gasteiger partial charge in [0.25, 0.3) is 0 Å². The standard InChI is InChI=1S/C24H21ClN2O4/c1-12-16(25)5-4-6-17(12)27-23(29)20-19-9-7-14-11-15(31-3)8-10-18(14)26(19)22(13(2)28)21(20)24(27)30/h4-11,19-22H,1-3H3/t19-,20+,21-,22-/m0/s1. The third-order valence-corrected chi connectivity index (χ3v) is 7.02. The maximum Gasteiger partial charge on any atom is 0.240 e. The summed E-state index contributed by atoms with van der Waals surface area (Å²) in [5.41, 5.74) is 2.87. The summed E-state index contributed by atoms with van der Waals surface area (Å²) in [5.74, 6) is -1.45. The van der Waals surface area contributed by atoms with Gasteiger partial charge in [0.05, 0.1) is 30.7 Å². The number of anilines is 2. The summed E-state index contributed by atoms with van der Waals surface area (Å²) in [6.45, 7) is 3.27. The minimum atomic E-state index is -0.744. The van der Waals surface area contributed by atoms with Gasteiger partial charge in [0.1, 0.15) is 11.8 Å². The lowest BCUT2D eigenvalue weighted by Crippen LogP contribution is -2.48. The molecule has 0 saturated carbocycles. The Bertz CT molecular complexity index is 1170. The van der Waals surface area contributed by atoms with Crippen LogP contribution < -0.4 is 14.5 Å². The number of carbonyl (C=O) groups excluding carboxylic acids is 3. The summed E-state index contributed by atoms with van der Waals surface area (Å²) in [7, 11) is 1.60. The molecule has 2 saturated heterocycles. The molecule has 6 nitrogen and oxygen atoms in total. The van der Waals surface area contributed by atoms with Crippen LogP contribution in [0.25, 0.3) is 6.08 Å². The van der Waals surface area contributed by atoms with Gasteiger partial charge >= 0.3 is 0 Å². The molecular weight excluding hydrogens is 416 g/mol. The number of Topliss-reactive ketones (excluding diaryl/α,β-unsaturated/α-hetero) is 1. The number of hydrogen-bond donors (Lipinski definition) is 0. The van der Waals surface area contributed by atoms with E-state index in [1.807, 2.05) is 35.3 Å². The summed E-state index contributed by atoms with van der Waals surface area (Å²) in [6, 6.07) is 9.67. The van der Waals surface area contributed by atoms with E-state index >= 15 is 0 Å². The van der Waals surface area contributed by atoms with Crippen LogP contribution in [-0.2, 0) is 14.4 Å². The molecule has 158 valence electrons. The molecular formula is C24H21ClN2O4. The minimum Gasteiger partial charge on any atom is -0.497 e. The number of amides is 2. The van der Waals surface area contributed by atoms with E-state index in [1.54, 1.807) is 32.2 Å². The van der Waals surface area contributed by atoms with E-state index in [2.05, 4.69) is 0 Å². The van der Waals surface area contributed by atoms with Gasteiger partial charge in [0.15, 0.2) is 5.78 Å². The summed E-state index contributed by atoms with van der Waals surface area (Å²) >= 11 is 6.25. The van der Waals surface area contributed by atoms with Gasteiger partial charge in [-0.1, -0.05) is 29.8 Å². The minimum absolute atomic E-state index is 0.139. The van der Waals surface area contributed by atoms with Crippen molar-refractivity contribution in [2.45, 2.75) is 25.9 Å². The second-order valence-electron chi connectivity index (χ2n) is 8.18. The number of rotatable bonds is 3. The second-order valence-corrected chi connectivity index (χ2v) is 8.59. The first-order valence-corrected chi connectivity index (χ1v) is 10.5. The molecule has 3 heterocycles. The number of ether oxygens (including phenoxy) is 1. The first-order valence-electron chi connectivity index (χ1n) is 10.1. The Kier molecular flexibility index (Phi) is 4.45. The van der Waals surface area contributed by atoms with Crippen molar-refractivity contribution in [3.05, 3.63) is 58.6 Å². The van der Waals surface area contributed by atoms with E-state index in [4.69, 9.17) is 16.3 Å². The molecule has 31 heavy (non-hydrogen) atoms. The topological polar surface area (TPSA) is 66.9 Å². The number of fused-ring (bicyclic) bond motifs is 5. The smallest absolute Gasteiger partial charge is 0.240 e. The average Bonchev–Trinajstić information content (AvgIpc) is 3.23. The summed E-state index contributed by atoms with van der Waals surface area (Å²) < 4.78 is 5.31. The summed E-state index contributed by atoms with van der Waals surface area (Å²) in [4.78, 5) is 43.1. The zero-order valence-corrected chi connectivity index (χ0v) is 18.1. The molecule has 4 atom stereocenters. The van der Waals surface area contributed by atoms with Crippen LogP contribution in [0.5, 0.6) is 5.75 Å². The maximum atomic E-state index is 13.6. The fourth-order valence-corrected chi connectivity index (χ4v) is 5.38. The van der Waals surface area contributed by atoms with Crippen LogP contribution in [0.3, 0.4) is 0 Å². The average molecular weight is 437 g/mol. The molecule has 0 aliphatic carbocycles. The highest BCUT2D eigenvalue weighted by Gasteiger charge is 2.63. The maximum absolute atomic E-state index is 13.6. The molecule has 7 heteroatoms. The number of nitrogens with zero attached hydrogens (tertiary/aromatic N) is 2. The van der Waals surface area contributed by atoms with Crippen molar-refractivity contribution in [2.75, 3.05) is 16.9 Å². The molecule has 3 aliphatic rings. The Labute approximate surface area is 185 Å². The van der Waals surface area contributed by atoms with Gasteiger partial charge in [-0.25, -0.2) is 4.90 Å². The van der Waals surface area contributed by atoms with E-state index in [0.717, 1.165) is 11.3 Å². The molecule has 0 radical (unpaired) electrons. The highest BCUT2D eigenvalue weighted by Crippen LogP contribution is 2.50. The van der Waals surface area contributed by atoms with E-state index < -0.39 is 17.9 Å². The van der Waals surface area contributed by atoms with Crippen molar-refractivity contribution in [2.24, 2.45) is 11.8 Å². The molecule has 2 aromatic carbocycles. The van der Waals surface area contributed by atoms with Crippen molar-refractivity contribution in [1.29, 1.82) is 0 Å². The Morgan fingerprint density at radius 1 is 1.06 bits per heavy atom. The van der Waals surface area contributed by atoms with Crippen molar-refractivity contribution >= 4 is 46.6 Å². The number of hydrogen-bond acceptors (Lipinski definition) is 5. The molecule has 3 aliphatic heterocycles. The van der Waals surface area contributed by atoms with Crippen LogP contribution >= 0.6 is 11.6 Å². The Morgan fingerprint density at radius 2 is 1.81 bits per heavy atom. The van der Waals surface area contributed by atoms with Gasteiger partial charge in [0, 0.05) is 16.3 Å². The summed E-state index contributed by atoms with van der Waals surface area (Å²) in [5, 5.41) is 0.486. The van der Waals surface area contributed by atoms with Crippen LogP contribution in [0, 0.1) is 18.8 Å². The predicted molar refractivity (Wildman–Crippen MR) is 118 cm³/mol. The monoisotopic (exact) mass is 436 g/mol. The van der Waals surface area contributed by atoms with Gasteiger partial charge in [-0.3, -0.25) is 14.4 Å². The van der Waals surface area contributed by atoms with Gasteiger partial charge < -0.3 is 9.64 Å².